The van der Waals surface area contributed by atoms with E-state index in [4.69, 9.17) is 5.10 Å². The van der Waals surface area contributed by atoms with Gasteiger partial charge in [0.05, 0.1) is 30.2 Å². The molecule has 7 nitrogen and oxygen atoms in total. The molecule has 37 heavy (non-hydrogen) atoms. The highest BCUT2D eigenvalue weighted by molar-refractivity contribution is 7.79. The van der Waals surface area contributed by atoms with E-state index < -0.39 is 0 Å². The minimum atomic E-state index is -0.0141. The Morgan fingerprint density at radius 3 is 2.32 bits per heavy atom. The molecular formula is C29H31N5O2S. The summed E-state index contributed by atoms with van der Waals surface area (Å²) in [5.41, 5.74) is 5.98. The van der Waals surface area contributed by atoms with Crippen LogP contribution in [0.4, 0.5) is 5.69 Å². The van der Waals surface area contributed by atoms with Gasteiger partial charge in [0.1, 0.15) is 5.75 Å². The highest BCUT2D eigenvalue weighted by Gasteiger charge is 2.20. The lowest BCUT2D eigenvalue weighted by Crippen LogP contribution is -2.49. The Kier molecular flexibility index (Phi) is 7.77. The summed E-state index contributed by atoms with van der Waals surface area (Å²) in [7, 11) is 0. The lowest BCUT2D eigenvalue weighted by atomic mass is 10.1. The topological polar surface area (TPSA) is 73.6 Å². The van der Waals surface area contributed by atoms with E-state index in [2.05, 4.69) is 52.0 Å². The van der Waals surface area contributed by atoms with Gasteiger partial charge in [0.2, 0.25) is 5.91 Å². The lowest BCUT2D eigenvalue weighted by Gasteiger charge is -2.35. The van der Waals surface area contributed by atoms with Crippen LogP contribution in [0.25, 0.3) is 16.9 Å². The molecule has 0 spiro atoms. The number of carbonyl (C=O) groups excluding carboxylic acids is 1. The second-order valence-corrected chi connectivity index (χ2v) is 9.50. The number of hydrogen-bond donors (Lipinski definition) is 3. The molecule has 5 rings (SSSR count). The van der Waals surface area contributed by atoms with Crippen LogP contribution in [0.2, 0.25) is 0 Å². The number of anilines is 1. The molecule has 1 aliphatic heterocycles. The minimum absolute atomic E-state index is 0.0141. The third-order valence-corrected chi connectivity index (χ3v) is 6.96. The molecule has 2 N–H and O–H groups in total. The van der Waals surface area contributed by atoms with Crippen LogP contribution in [0.5, 0.6) is 5.75 Å². The van der Waals surface area contributed by atoms with E-state index in [1.165, 1.54) is 0 Å². The Balaban J connectivity index is 1.21. The summed E-state index contributed by atoms with van der Waals surface area (Å²) in [6, 6.07) is 27.7. The van der Waals surface area contributed by atoms with Gasteiger partial charge in [0.25, 0.3) is 0 Å². The van der Waals surface area contributed by atoms with Crippen molar-refractivity contribution < 1.29 is 9.90 Å². The van der Waals surface area contributed by atoms with Crippen molar-refractivity contribution in [2.24, 2.45) is 0 Å². The zero-order valence-electron chi connectivity index (χ0n) is 20.6. The molecule has 3 aromatic carbocycles. The van der Waals surface area contributed by atoms with Crippen LogP contribution < -0.4 is 10.2 Å². The van der Waals surface area contributed by atoms with Crippen molar-refractivity contribution in [1.82, 2.24) is 20.0 Å². The van der Waals surface area contributed by atoms with Crippen LogP contribution >= 0.6 is 12.6 Å². The predicted molar refractivity (Wildman–Crippen MR) is 150 cm³/mol. The first kappa shape index (κ1) is 24.9. The number of rotatable bonds is 8. The van der Waals surface area contributed by atoms with Crippen molar-refractivity contribution in [3.05, 3.63) is 96.2 Å². The van der Waals surface area contributed by atoms with Crippen LogP contribution in [-0.2, 0) is 17.1 Å². The van der Waals surface area contributed by atoms with Crippen LogP contribution in [0.15, 0.2) is 84.9 Å². The fourth-order valence-electron chi connectivity index (χ4n) is 4.57. The van der Waals surface area contributed by atoms with Gasteiger partial charge in [0, 0.05) is 49.2 Å². The number of amides is 1. The highest BCUT2D eigenvalue weighted by Crippen LogP contribution is 2.25. The predicted octanol–water partition coefficient (Wildman–Crippen LogP) is 4.11. The fourth-order valence-corrected chi connectivity index (χ4v) is 4.78. The molecule has 1 aromatic heterocycles. The number of aromatic nitrogens is 2. The lowest BCUT2D eigenvalue weighted by molar-refractivity contribution is -0.122. The first-order chi connectivity index (χ1) is 18.1. The summed E-state index contributed by atoms with van der Waals surface area (Å²) in [5.74, 6) is 0.951. The smallest absolute Gasteiger partial charge is 0.234 e. The molecule has 0 aliphatic carbocycles. The molecular weight excluding hydrogens is 482 g/mol. The molecule has 4 aromatic rings. The molecule has 1 amide bonds. The number of phenolic OH excluding ortho intramolecular Hbond substituents is 1. The minimum Gasteiger partial charge on any atom is -0.508 e. The average molecular weight is 514 g/mol. The number of thiol groups is 1. The van der Waals surface area contributed by atoms with Crippen molar-refractivity contribution in [2.45, 2.75) is 12.3 Å². The van der Waals surface area contributed by atoms with Gasteiger partial charge in [-0.15, -0.1) is 0 Å². The number of nitrogens with one attached hydrogen (secondary N) is 1. The quantitative estimate of drug-likeness (QED) is 0.309. The van der Waals surface area contributed by atoms with Crippen LogP contribution in [0, 0.1) is 0 Å². The zero-order chi connectivity index (χ0) is 25.6. The zero-order valence-corrected chi connectivity index (χ0v) is 21.5. The number of para-hydroxylation sites is 1. The molecule has 2 heterocycles. The van der Waals surface area contributed by atoms with Crippen molar-refractivity contribution in [1.29, 1.82) is 0 Å². The van der Waals surface area contributed by atoms with Crippen molar-refractivity contribution in [3.63, 3.8) is 0 Å². The van der Waals surface area contributed by atoms with Crippen molar-refractivity contribution in [2.75, 3.05) is 37.6 Å². The van der Waals surface area contributed by atoms with Gasteiger partial charge in [-0.05, 0) is 35.9 Å². The van der Waals surface area contributed by atoms with Gasteiger partial charge in [-0.25, -0.2) is 4.68 Å². The average Bonchev–Trinajstić information content (AvgIpc) is 3.37. The van der Waals surface area contributed by atoms with E-state index in [0.717, 1.165) is 60.1 Å². The molecule has 0 bridgehead atoms. The summed E-state index contributed by atoms with van der Waals surface area (Å²) >= 11 is 4.36. The Hall–Kier alpha value is -3.75. The molecule has 0 saturated carbocycles. The van der Waals surface area contributed by atoms with E-state index in [1.807, 2.05) is 53.2 Å². The Bertz CT molecular complexity index is 1330. The largest absolute Gasteiger partial charge is 0.508 e. The Labute approximate surface area is 222 Å². The summed E-state index contributed by atoms with van der Waals surface area (Å²) in [6.07, 6.45) is 0. The molecule has 190 valence electrons. The van der Waals surface area contributed by atoms with Gasteiger partial charge in [-0.3, -0.25) is 9.69 Å². The number of aromatic hydroxyl groups is 1. The first-order valence-corrected chi connectivity index (χ1v) is 13.1. The van der Waals surface area contributed by atoms with E-state index in [9.17, 15) is 9.90 Å². The number of benzene rings is 3. The van der Waals surface area contributed by atoms with Crippen LogP contribution in [0.3, 0.4) is 0 Å². The normalized spacial score (nSPS) is 14.0. The maximum absolute atomic E-state index is 12.7. The van der Waals surface area contributed by atoms with Crippen LogP contribution in [-0.4, -0.2) is 58.4 Å². The monoisotopic (exact) mass is 513 g/mol. The number of nitrogens with zero attached hydrogens (tertiary/aromatic N) is 4. The maximum Gasteiger partial charge on any atom is 0.234 e. The molecule has 0 radical (unpaired) electrons. The van der Waals surface area contributed by atoms with E-state index >= 15 is 0 Å². The number of phenols is 1. The number of piperazine rings is 1. The summed E-state index contributed by atoms with van der Waals surface area (Å²) in [6.45, 7) is 3.92. The second-order valence-electron chi connectivity index (χ2n) is 9.18. The number of carbonyl (C=O) groups is 1. The van der Waals surface area contributed by atoms with Gasteiger partial charge in [-0.1, -0.05) is 48.5 Å². The third-order valence-electron chi connectivity index (χ3n) is 6.59. The van der Waals surface area contributed by atoms with E-state index in [-0.39, 0.29) is 11.7 Å². The SMILES string of the molecule is O=C(CN1CCN(c2cccc(O)c2)CC1)NCc1cc(-c2ccc(CS)cc2)n(-c2ccccc2)n1. The highest BCUT2D eigenvalue weighted by atomic mass is 32.1. The van der Waals surface area contributed by atoms with Crippen LogP contribution in [0.1, 0.15) is 11.3 Å². The molecule has 1 fully saturated rings. The molecule has 1 aliphatic rings. The third kappa shape index (κ3) is 6.15. The second kappa shape index (κ2) is 11.5. The molecule has 8 heteroatoms. The maximum atomic E-state index is 12.7. The standard InChI is InChI=1S/C29H31N5O2S/c35-27-8-4-7-26(18-27)33-15-13-32(14-16-33)20-29(36)30-19-24-17-28(23-11-9-22(21-37)10-12-23)34(31-24)25-5-2-1-3-6-25/h1-12,17-18,35,37H,13-16,19-21H2,(H,30,36). The summed E-state index contributed by atoms with van der Waals surface area (Å²) < 4.78 is 1.93. The summed E-state index contributed by atoms with van der Waals surface area (Å²) in [4.78, 5) is 17.1. The van der Waals surface area contributed by atoms with Crippen molar-refractivity contribution in [3.8, 4) is 22.7 Å². The Morgan fingerprint density at radius 2 is 1.62 bits per heavy atom. The Morgan fingerprint density at radius 1 is 0.892 bits per heavy atom. The van der Waals surface area contributed by atoms with E-state index in [1.54, 1.807) is 12.1 Å². The van der Waals surface area contributed by atoms with Gasteiger partial charge >= 0.3 is 0 Å². The molecule has 0 unspecified atom stereocenters. The van der Waals surface area contributed by atoms with Gasteiger partial charge in [-0.2, -0.15) is 17.7 Å². The summed E-state index contributed by atoms with van der Waals surface area (Å²) in [5, 5.41) is 17.6. The molecule has 0 atom stereocenters. The van der Waals surface area contributed by atoms with Gasteiger partial charge < -0.3 is 15.3 Å². The van der Waals surface area contributed by atoms with Crippen molar-refractivity contribution >= 4 is 24.2 Å². The first-order valence-electron chi connectivity index (χ1n) is 12.5. The number of hydrogen-bond acceptors (Lipinski definition) is 6. The molecule has 1 saturated heterocycles. The van der Waals surface area contributed by atoms with E-state index in [0.29, 0.717) is 18.8 Å². The fraction of sp³-hybridized carbons (Fsp3) is 0.241. The van der Waals surface area contributed by atoms with Gasteiger partial charge in [0.15, 0.2) is 0 Å².